The summed E-state index contributed by atoms with van der Waals surface area (Å²) in [7, 11) is 0. The molecule has 0 bridgehead atoms. The van der Waals surface area contributed by atoms with Gasteiger partial charge in [-0.3, -0.25) is 10.00 Å². The molecule has 186 valence electrons. The third-order valence-electron chi connectivity index (χ3n) is 6.66. The summed E-state index contributed by atoms with van der Waals surface area (Å²) >= 11 is 0. The number of aromatic nitrogens is 4. The van der Waals surface area contributed by atoms with E-state index in [2.05, 4.69) is 31.8 Å². The van der Waals surface area contributed by atoms with Crippen LogP contribution in [0.2, 0.25) is 0 Å². The molecule has 1 saturated heterocycles. The molecular formula is C26H29N7O3. The van der Waals surface area contributed by atoms with Gasteiger partial charge >= 0.3 is 6.09 Å². The smallest absolute Gasteiger partial charge is 0.411 e. The fourth-order valence-corrected chi connectivity index (χ4v) is 4.85. The molecule has 1 aliphatic heterocycles. The monoisotopic (exact) mass is 487 g/mol. The van der Waals surface area contributed by atoms with Crippen LogP contribution < -0.4 is 10.6 Å². The number of anilines is 3. The van der Waals surface area contributed by atoms with Crippen molar-refractivity contribution in [3.63, 3.8) is 0 Å². The van der Waals surface area contributed by atoms with Crippen LogP contribution in [0.5, 0.6) is 0 Å². The highest BCUT2D eigenvalue weighted by molar-refractivity contribution is 5.85. The van der Waals surface area contributed by atoms with Crippen LogP contribution in [-0.2, 0) is 9.47 Å². The number of benzene rings is 1. The fourth-order valence-electron chi connectivity index (χ4n) is 4.85. The van der Waals surface area contributed by atoms with E-state index >= 15 is 0 Å². The third-order valence-corrected chi connectivity index (χ3v) is 6.66. The van der Waals surface area contributed by atoms with Gasteiger partial charge in [0.1, 0.15) is 6.10 Å². The highest BCUT2D eigenvalue weighted by Crippen LogP contribution is 2.36. The van der Waals surface area contributed by atoms with Gasteiger partial charge in [0.15, 0.2) is 0 Å². The van der Waals surface area contributed by atoms with E-state index in [1.807, 2.05) is 29.1 Å². The average Bonchev–Trinajstić information content (AvgIpc) is 3.66. The largest absolute Gasteiger partial charge is 0.443 e. The van der Waals surface area contributed by atoms with Crippen LogP contribution >= 0.6 is 0 Å². The molecule has 2 fully saturated rings. The molecule has 1 saturated carbocycles. The Kier molecular flexibility index (Phi) is 7.38. The quantitative estimate of drug-likeness (QED) is 0.451. The van der Waals surface area contributed by atoms with Crippen LogP contribution in [0, 0.1) is 17.2 Å². The van der Waals surface area contributed by atoms with E-state index in [9.17, 15) is 10.1 Å². The molecule has 5 rings (SSSR count). The van der Waals surface area contributed by atoms with Crippen molar-refractivity contribution < 1.29 is 14.3 Å². The second kappa shape index (κ2) is 11.2. The molecule has 2 aromatic heterocycles. The van der Waals surface area contributed by atoms with Crippen LogP contribution in [0.15, 0.2) is 48.9 Å². The summed E-state index contributed by atoms with van der Waals surface area (Å²) in [4.78, 5) is 21.1. The van der Waals surface area contributed by atoms with Crippen LogP contribution in [0.4, 0.5) is 22.1 Å². The zero-order valence-corrected chi connectivity index (χ0v) is 20.0. The predicted octanol–water partition coefficient (Wildman–Crippen LogP) is 5.07. The van der Waals surface area contributed by atoms with Crippen molar-refractivity contribution in [1.29, 1.82) is 5.26 Å². The third kappa shape index (κ3) is 5.80. The summed E-state index contributed by atoms with van der Waals surface area (Å²) < 4.78 is 12.5. The van der Waals surface area contributed by atoms with Gasteiger partial charge in [0.25, 0.3) is 0 Å². The van der Waals surface area contributed by atoms with Crippen LogP contribution in [0.1, 0.15) is 44.6 Å². The van der Waals surface area contributed by atoms with Crippen molar-refractivity contribution in [2.24, 2.45) is 5.92 Å². The van der Waals surface area contributed by atoms with E-state index in [-0.39, 0.29) is 12.1 Å². The summed E-state index contributed by atoms with van der Waals surface area (Å²) in [5, 5.41) is 19.8. The van der Waals surface area contributed by atoms with E-state index in [0.29, 0.717) is 43.6 Å². The zero-order chi connectivity index (χ0) is 24.7. The lowest BCUT2D eigenvalue weighted by atomic mass is 9.96. The van der Waals surface area contributed by atoms with Gasteiger partial charge in [-0.15, -0.1) is 0 Å². The summed E-state index contributed by atoms with van der Waals surface area (Å²) in [5.74, 6) is 0.914. The Bertz CT molecular complexity index is 1230. The van der Waals surface area contributed by atoms with Gasteiger partial charge in [0.2, 0.25) is 5.95 Å². The van der Waals surface area contributed by atoms with E-state index in [4.69, 9.17) is 9.47 Å². The first kappa shape index (κ1) is 23.8. The SMILES string of the molecule is N#CCC(C1CCCC1)n1cc(-c2ccnc(Nc3cccc(NC(=O)OC4CCOC4)c3)n2)cn1. The van der Waals surface area contributed by atoms with Gasteiger partial charge in [-0.1, -0.05) is 18.9 Å². The number of carbonyl (C=O) groups excluding carboxylic acids is 1. The van der Waals surface area contributed by atoms with E-state index in [1.54, 1.807) is 24.5 Å². The van der Waals surface area contributed by atoms with E-state index in [1.165, 1.54) is 12.8 Å². The van der Waals surface area contributed by atoms with Crippen LogP contribution in [-0.4, -0.2) is 45.2 Å². The van der Waals surface area contributed by atoms with E-state index < -0.39 is 6.09 Å². The molecule has 10 nitrogen and oxygen atoms in total. The molecular weight excluding hydrogens is 458 g/mol. The first-order valence-corrected chi connectivity index (χ1v) is 12.3. The molecule has 3 heterocycles. The average molecular weight is 488 g/mol. The molecule has 2 aliphatic rings. The van der Waals surface area contributed by atoms with E-state index in [0.717, 1.165) is 29.8 Å². The second-order valence-corrected chi connectivity index (χ2v) is 9.17. The Morgan fingerprint density at radius 1 is 1.25 bits per heavy atom. The number of hydrogen-bond acceptors (Lipinski definition) is 8. The van der Waals surface area contributed by atoms with Crippen molar-refractivity contribution in [1.82, 2.24) is 19.7 Å². The first-order chi connectivity index (χ1) is 17.7. The maximum absolute atomic E-state index is 12.2. The normalized spacial score (nSPS) is 18.5. The molecule has 1 aromatic carbocycles. The van der Waals surface area contributed by atoms with Gasteiger partial charge in [-0.25, -0.2) is 14.8 Å². The van der Waals surface area contributed by atoms with Crippen molar-refractivity contribution >= 4 is 23.4 Å². The summed E-state index contributed by atoms with van der Waals surface area (Å²) in [6.45, 7) is 1.04. The number of ether oxygens (including phenoxy) is 2. The molecule has 0 spiro atoms. The van der Waals surface area contributed by atoms with Crippen LogP contribution in [0.25, 0.3) is 11.3 Å². The molecule has 36 heavy (non-hydrogen) atoms. The molecule has 0 radical (unpaired) electrons. The minimum Gasteiger partial charge on any atom is -0.443 e. The van der Waals surface area contributed by atoms with Crippen molar-refractivity contribution in [2.75, 3.05) is 23.8 Å². The topological polar surface area (TPSA) is 127 Å². The van der Waals surface area contributed by atoms with Gasteiger partial charge < -0.3 is 14.8 Å². The van der Waals surface area contributed by atoms with Crippen LogP contribution in [0.3, 0.4) is 0 Å². The molecule has 2 atom stereocenters. The summed E-state index contributed by atoms with van der Waals surface area (Å²) in [5.41, 5.74) is 2.92. The van der Waals surface area contributed by atoms with Crippen molar-refractivity contribution in [3.8, 4) is 17.3 Å². The minimum atomic E-state index is -0.509. The number of rotatable bonds is 8. The summed E-state index contributed by atoms with van der Waals surface area (Å²) in [6, 6.07) is 11.5. The van der Waals surface area contributed by atoms with Gasteiger partial charge in [0, 0.05) is 35.8 Å². The standard InChI is InChI=1S/C26H29N7O3/c27-11-8-24(18-4-1-2-5-18)33-16-19(15-29-33)23-9-12-28-25(32-23)30-20-6-3-7-21(14-20)31-26(34)36-22-10-13-35-17-22/h3,6-7,9,12,14-16,18,22,24H,1-2,4-5,8,10,13,17H2,(H,31,34)(H,28,30,32). The molecule has 1 amide bonds. The Hall–Kier alpha value is -3.97. The fraction of sp³-hybridized carbons (Fsp3) is 0.423. The molecule has 1 aliphatic carbocycles. The highest BCUT2D eigenvalue weighted by Gasteiger charge is 2.27. The number of nitriles is 1. The lowest BCUT2D eigenvalue weighted by Crippen LogP contribution is -2.22. The van der Waals surface area contributed by atoms with Crippen molar-refractivity contribution in [3.05, 3.63) is 48.9 Å². The Morgan fingerprint density at radius 2 is 2.11 bits per heavy atom. The Morgan fingerprint density at radius 3 is 2.92 bits per heavy atom. The Balaban J connectivity index is 1.25. The van der Waals surface area contributed by atoms with Gasteiger partial charge in [-0.2, -0.15) is 10.4 Å². The number of nitrogens with one attached hydrogen (secondary N) is 2. The minimum absolute atomic E-state index is 0.0915. The maximum Gasteiger partial charge on any atom is 0.411 e. The molecule has 3 aromatic rings. The molecule has 2 N–H and O–H groups in total. The second-order valence-electron chi connectivity index (χ2n) is 9.17. The lowest BCUT2D eigenvalue weighted by Gasteiger charge is -2.21. The number of amides is 1. The maximum atomic E-state index is 12.2. The Labute approximate surface area is 209 Å². The number of nitrogens with zero attached hydrogens (tertiary/aromatic N) is 5. The molecule has 10 heteroatoms. The van der Waals surface area contributed by atoms with Gasteiger partial charge in [-0.05, 0) is 43.0 Å². The highest BCUT2D eigenvalue weighted by atomic mass is 16.6. The number of hydrogen-bond donors (Lipinski definition) is 2. The van der Waals surface area contributed by atoms with Crippen molar-refractivity contribution in [2.45, 2.75) is 50.7 Å². The number of carbonyl (C=O) groups is 1. The zero-order valence-electron chi connectivity index (χ0n) is 20.0. The predicted molar refractivity (Wildman–Crippen MR) is 134 cm³/mol. The molecule has 2 unspecified atom stereocenters. The summed E-state index contributed by atoms with van der Waals surface area (Å²) in [6.07, 6.45) is 10.6. The van der Waals surface area contributed by atoms with Gasteiger partial charge in [0.05, 0.1) is 43.6 Å². The first-order valence-electron chi connectivity index (χ1n) is 12.3. The lowest BCUT2D eigenvalue weighted by molar-refractivity contribution is 0.0932.